The number of nitrogens with one attached hydrogen (secondary N) is 4. The van der Waals surface area contributed by atoms with Crippen LogP contribution in [0.5, 0.6) is 0 Å². The minimum atomic E-state index is -0.213. The van der Waals surface area contributed by atoms with Gasteiger partial charge in [0.2, 0.25) is 11.8 Å². The molecule has 0 atom stereocenters. The summed E-state index contributed by atoms with van der Waals surface area (Å²) in [5.41, 5.74) is 5.20. The highest BCUT2D eigenvalue weighted by molar-refractivity contribution is 6.04. The Kier molecular flexibility index (Phi) is 9.26. The van der Waals surface area contributed by atoms with E-state index in [-0.39, 0.29) is 24.2 Å². The third kappa shape index (κ3) is 7.66. The molecule has 2 aliphatic heterocycles. The summed E-state index contributed by atoms with van der Waals surface area (Å²) in [6, 6.07) is 22.7. The van der Waals surface area contributed by atoms with E-state index in [1.807, 2.05) is 72.8 Å². The van der Waals surface area contributed by atoms with Gasteiger partial charge in [0.15, 0.2) is 0 Å². The summed E-state index contributed by atoms with van der Waals surface area (Å²) in [4.78, 5) is 33.4. The van der Waals surface area contributed by atoms with E-state index in [0.29, 0.717) is 0 Å². The first-order chi connectivity index (χ1) is 18.6. The van der Waals surface area contributed by atoms with Gasteiger partial charge in [-0.1, -0.05) is 24.3 Å². The van der Waals surface area contributed by atoms with Crippen LogP contribution in [0.1, 0.15) is 22.3 Å². The molecule has 5 rings (SSSR count). The minimum absolute atomic E-state index is 0. The number of halogens is 1. The standard InChI is InChI=1S/C30H28N6O2.ClH/c37-27(35-25-11-7-23(8-12-25)29-31-17-18-32-29)15-5-21-1-2-22(4-3-21)6-16-28(38)36-26-13-9-24(10-14-26)30-33-19-20-34-30;/h1-16H,17-20H2,(H,31,32)(H,33,34)(H,35,37)(H,36,38);1H. The van der Waals surface area contributed by atoms with Crippen molar-refractivity contribution < 1.29 is 9.59 Å². The number of carbonyl (C=O) groups excluding carboxylic acids is 2. The van der Waals surface area contributed by atoms with Crippen LogP contribution in [-0.4, -0.2) is 49.7 Å². The first-order valence-electron chi connectivity index (χ1n) is 12.5. The van der Waals surface area contributed by atoms with Crippen molar-refractivity contribution in [1.29, 1.82) is 0 Å². The van der Waals surface area contributed by atoms with Gasteiger partial charge in [0.05, 0.1) is 13.1 Å². The lowest BCUT2D eigenvalue weighted by Gasteiger charge is -2.05. The quantitative estimate of drug-likeness (QED) is 0.322. The van der Waals surface area contributed by atoms with Crippen molar-refractivity contribution >= 4 is 59.4 Å². The van der Waals surface area contributed by atoms with Crippen molar-refractivity contribution in [2.75, 3.05) is 36.8 Å². The lowest BCUT2D eigenvalue weighted by molar-refractivity contribution is -0.112. The fourth-order valence-corrected chi connectivity index (χ4v) is 4.04. The zero-order chi connectivity index (χ0) is 26.2. The van der Waals surface area contributed by atoms with Crippen molar-refractivity contribution in [3.63, 3.8) is 0 Å². The maximum Gasteiger partial charge on any atom is 0.248 e. The summed E-state index contributed by atoms with van der Waals surface area (Å²) in [5, 5.41) is 12.2. The summed E-state index contributed by atoms with van der Waals surface area (Å²) >= 11 is 0. The van der Waals surface area contributed by atoms with E-state index < -0.39 is 0 Å². The van der Waals surface area contributed by atoms with Gasteiger partial charge in [-0.05, 0) is 71.8 Å². The molecule has 9 heteroatoms. The lowest BCUT2D eigenvalue weighted by Crippen LogP contribution is -2.19. The second-order valence-electron chi connectivity index (χ2n) is 8.78. The molecule has 3 aromatic rings. The summed E-state index contributed by atoms with van der Waals surface area (Å²) in [6.07, 6.45) is 6.49. The Labute approximate surface area is 233 Å². The van der Waals surface area contributed by atoms with E-state index in [4.69, 9.17) is 0 Å². The number of carbonyl (C=O) groups is 2. The van der Waals surface area contributed by atoms with E-state index in [9.17, 15) is 9.59 Å². The predicted octanol–water partition coefficient (Wildman–Crippen LogP) is 4.11. The van der Waals surface area contributed by atoms with Crippen LogP contribution in [0, 0.1) is 0 Å². The van der Waals surface area contributed by atoms with Crippen LogP contribution in [0.3, 0.4) is 0 Å². The Morgan fingerprint density at radius 3 is 1.33 bits per heavy atom. The van der Waals surface area contributed by atoms with Gasteiger partial charge in [-0.3, -0.25) is 19.6 Å². The van der Waals surface area contributed by atoms with Crippen LogP contribution in [-0.2, 0) is 9.59 Å². The number of hydrogen-bond acceptors (Lipinski definition) is 6. The fourth-order valence-electron chi connectivity index (χ4n) is 4.04. The highest BCUT2D eigenvalue weighted by atomic mass is 35.5. The molecule has 0 aliphatic carbocycles. The third-order valence-electron chi connectivity index (χ3n) is 5.99. The van der Waals surface area contributed by atoms with Gasteiger partial charge in [-0.25, -0.2) is 0 Å². The Hall–Kier alpha value is -4.69. The molecule has 0 unspecified atom stereocenters. The number of hydrogen-bond donors (Lipinski definition) is 4. The maximum absolute atomic E-state index is 12.3. The summed E-state index contributed by atoms with van der Waals surface area (Å²) in [5.74, 6) is 1.35. The number of nitrogens with zero attached hydrogens (tertiary/aromatic N) is 2. The van der Waals surface area contributed by atoms with Gasteiger partial charge < -0.3 is 21.3 Å². The number of rotatable bonds is 8. The molecule has 4 N–H and O–H groups in total. The third-order valence-corrected chi connectivity index (χ3v) is 5.99. The van der Waals surface area contributed by atoms with Crippen LogP contribution in [0.25, 0.3) is 12.2 Å². The average Bonchev–Trinajstić information content (AvgIpc) is 3.68. The van der Waals surface area contributed by atoms with Crippen LogP contribution >= 0.6 is 12.4 Å². The minimum Gasteiger partial charge on any atom is -0.368 e. The molecule has 0 saturated carbocycles. The Balaban J connectivity index is 0.00000353. The van der Waals surface area contributed by atoms with E-state index in [1.165, 1.54) is 12.2 Å². The van der Waals surface area contributed by atoms with E-state index in [2.05, 4.69) is 31.3 Å². The number of amides is 2. The van der Waals surface area contributed by atoms with Crippen LogP contribution in [0.15, 0.2) is 94.9 Å². The van der Waals surface area contributed by atoms with E-state index in [1.54, 1.807) is 12.2 Å². The first-order valence-corrected chi connectivity index (χ1v) is 12.5. The summed E-state index contributed by atoms with van der Waals surface area (Å²) in [7, 11) is 0. The highest BCUT2D eigenvalue weighted by Crippen LogP contribution is 2.14. The van der Waals surface area contributed by atoms with Crippen molar-refractivity contribution in [1.82, 2.24) is 10.6 Å². The van der Waals surface area contributed by atoms with Gasteiger partial charge in [0.1, 0.15) is 11.7 Å². The number of anilines is 2. The van der Waals surface area contributed by atoms with Crippen LogP contribution in [0.4, 0.5) is 11.4 Å². The molecule has 2 heterocycles. The second-order valence-corrected chi connectivity index (χ2v) is 8.78. The molecule has 2 aliphatic rings. The molecule has 0 spiro atoms. The average molecular weight is 541 g/mol. The molecule has 2 amide bonds. The van der Waals surface area contributed by atoms with Crippen molar-refractivity contribution in [2.24, 2.45) is 9.98 Å². The Morgan fingerprint density at radius 1 is 0.615 bits per heavy atom. The Bertz CT molecular complexity index is 1320. The zero-order valence-corrected chi connectivity index (χ0v) is 22.0. The number of amidine groups is 2. The molecule has 0 radical (unpaired) electrons. The van der Waals surface area contributed by atoms with Crippen molar-refractivity contribution in [3.8, 4) is 0 Å². The summed E-state index contributed by atoms with van der Waals surface area (Å²) in [6.45, 7) is 3.29. The summed E-state index contributed by atoms with van der Waals surface area (Å²) < 4.78 is 0. The Morgan fingerprint density at radius 2 is 1.00 bits per heavy atom. The topological polar surface area (TPSA) is 107 Å². The van der Waals surface area contributed by atoms with Gasteiger partial charge in [0.25, 0.3) is 0 Å². The van der Waals surface area contributed by atoms with Crippen LogP contribution in [0.2, 0.25) is 0 Å². The smallest absolute Gasteiger partial charge is 0.248 e. The SMILES string of the molecule is Cl.O=C(C=Cc1ccc(C=CC(=O)Nc2ccc(C3=NCCN3)cc2)cc1)Nc1ccc(C2=NCCN2)cc1. The van der Waals surface area contributed by atoms with Crippen molar-refractivity contribution in [3.05, 3.63) is 107 Å². The van der Waals surface area contributed by atoms with E-state index >= 15 is 0 Å². The number of aliphatic imine (C=N–C) groups is 2. The highest BCUT2D eigenvalue weighted by Gasteiger charge is 2.09. The molecule has 0 aromatic heterocycles. The molecule has 0 fully saturated rings. The monoisotopic (exact) mass is 540 g/mol. The molecule has 8 nitrogen and oxygen atoms in total. The molecular formula is C30H29ClN6O2. The van der Waals surface area contributed by atoms with Gasteiger partial charge in [0, 0.05) is 47.7 Å². The second kappa shape index (κ2) is 13.2. The van der Waals surface area contributed by atoms with Crippen molar-refractivity contribution in [2.45, 2.75) is 0 Å². The van der Waals surface area contributed by atoms with Gasteiger partial charge in [-0.2, -0.15) is 0 Å². The molecule has 3 aromatic carbocycles. The van der Waals surface area contributed by atoms with Crippen LogP contribution < -0.4 is 21.3 Å². The molecule has 198 valence electrons. The zero-order valence-electron chi connectivity index (χ0n) is 21.2. The largest absolute Gasteiger partial charge is 0.368 e. The van der Waals surface area contributed by atoms with Gasteiger partial charge in [-0.15, -0.1) is 12.4 Å². The van der Waals surface area contributed by atoms with E-state index in [0.717, 1.165) is 71.5 Å². The molecular weight excluding hydrogens is 512 g/mol. The molecule has 0 saturated heterocycles. The maximum atomic E-state index is 12.3. The first kappa shape index (κ1) is 27.3. The fraction of sp³-hybridized carbons (Fsp3) is 0.133. The molecule has 0 bridgehead atoms. The molecule has 39 heavy (non-hydrogen) atoms. The normalized spacial score (nSPS) is 14.3. The lowest BCUT2D eigenvalue weighted by atomic mass is 10.1. The number of benzene rings is 3. The van der Waals surface area contributed by atoms with Gasteiger partial charge >= 0.3 is 0 Å². The predicted molar refractivity (Wildman–Crippen MR) is 161 cm³/mol.